The third kappa shape index (κ3) is 4.36. The van der Waals surface area contributed by atoms with Gasteiger partial charge in [0.1, 0.15) is 5.75 Å². The summed E-state index contributed by atoms with van der Waals surface area (Å²) < 4.78 is 13.0. The molecule has 7 nitrogen and oxygen atoms in total. The first-order valence-corrected chi connectivity index (χ1v) is 8.54. The van der Waals surface area contributed by atoms with Gasteiger partial charge >= 0.3 is 0 Å². The van der Waals surface area contributed by atoms with E-state index in [1.54, 1.807) is 29.2 Å². The van der Waals surface area contributed by atoms with Gasteiger partial charge in [0, 0.05) is 51.0 Å². The summed E-state index contributed by atoms with van der Waals surface area (Å²) in [4.78, 5) is 18.4. The number of aryl methyl sites for hydroxylation is 1. The van der Waals surface area contributed by atoms with Gasteiger partial charge < -0.3 is 14.4 Å². The Bertz CT molecular complexity index is 689. The monoisotopic (exact) mass is 344 g/mol. The smallest absolute Gasteiger partial charge is 0.260 e. The standard InChI is InChI=1S/C18H24N4O3/c1-3-24-12-15-10-22(11-17(15)14-7-20-21(2)9-14)18(23)13-25-16-5-4-6-19-8-16/h4-9,15,17H,3,10-13H2,1-2H3/t15-,17-/m0/s1. The summed E-state index contributed by atoms with van der Waals surface area (Å²) in [7, 11) is 1.90. The Morgan fingerprint density at radius 1 is 1.36 bits per heavy atom. The number of hydrogen-bond acceptors (Lipinski definition) is 5. The van der Waals surface area contributed by atoms with Crippen LogP contribution in [0.1, 0.15) is 18.4 Å². The van der Waals surface area contributed by atoms with Crippen LogP contribution in [-0.2, 0) is 16.6 Å². The van der Waals surface area contributed by atoms with Gasteiger partial charge in [-0.25, -0.2) is 0 Å². The van der Waals surface area contributed by atoms with E-state index < -0.39 is 0 Å². The van der Waals surface area contributed by atoms with E-state index in [9.17, 15) is 4.79 Å². The van der Waals surface area contributed by atoms with E-state index in [0.29, 0.717) is 32.1 Å². The fourth-order valence-corrected chi connectivity index (χ4v) is 3.19. The summed E-state index contributed by atoms with van der Waals surface area (Å²) in [5.74, 6) is 1.09. The molecule has 7 heteroatoms. The molecule has 1 aliphatic heterocycles. The third-order valence-corrected chi connectivity index (χ3v) is 4.48. The summed E-state index contributed by atoms with van der Waals surface area (Å²) in [6, 6.07) is 3.58. The van der Waals surface area contributed by atoms with E-state index in [2.05, 4.69) is 10.1 Å². The second kappa shape index (κ2) is 8.11. The van der Waals surface area contributed by atoms with E-state index in [4.69, 9.17) is 9.47 Å². The lowest BCUT2D eigenvalue weighted by atomic mass is 9.92. The average Bonchev–Trinajstić information content (AvgIpc) is 3.25. The topological polar surface area (TPSA) is 69.5 Å². The molecule has 2 atom stereocenters. The lowest BCUT2D eigenvalue weighted by Crippen LogP contribution is -2.33. The highest BCUT2D eigenvalue weighted by atomic mass is 16.5. The Morgan fingerprint density at radius 2 is 2.24 bits per heavy atom. The molecule has 0 radical (unpaired) electrons. The molecule has 0 spiro atoms. The van der Waals surface area contributed by atoms with Crippen molar-refractivity contribution in [1.29, 1.82) is 0 Å². The Kier molecular flexibility index (Phi) is 5.65. The Balaban J connectivity index is 1.62. The molecule has 0 saturated carbocycles. The molecule has 0 aromatic carbocycles. The van der Waals surface area contributed by atoms with Crippen LogP contribution >= 0.6 is 0 Å². The molecule has 25 heavy (non-hydrogen) atoms. The molecule has 2 aromatic heterocycles. The molecule has 1 fully saturated rings. The second-order valence-electron chi connectivity index (χ2n) is 6.25. The van der Waals surface area contributed by atoms with Crippen molar-refractivity contribution in [2.24, 2.45) is 13.0 Å². The van der Waals surface area contributed by atoms with Crippen LogP contribution in [0, 0.1) is 5.92 Å². The minimum absolute atomic E-state index is 0.0169. The van der Waals surface area contributed by atoms with Crippen LogP contribution in [0.5, 0.6) is 5.75 Å². The van der Waals surface area contributed by atoms with Crippen LogP contribution in [0.2, 0.25) is 0 Å². The molecule has 134 valence electrons. The highest BCUT2D eigenvalue weighted by Crippen LogP contribution is 2.32. The number of carbonyl (C=O) groups excluding carboxylic acids is 1. The minimum Gasteiger partial charge on any atom is -0.482 e. The zero-order valence-electron chi connectivity index (χ0n) is 14.7. The second-order valence-corrected chi connectivity index (χ2v) is 6.25. The molecule has 0 aliphatic carbocycles. The maximum absolute atomic E-state index is 12.5. The molecule has 2 aromatic rings. The van der Waals surface area contributed by atoms with E-state index in [1.165, 1.54) is 0 Å². The third-order valence-electron chi connectivity index (χ3n) is 4.48. The first-order valence-electron chi connectivity index (χ1n) is 8.54. The van der Waals surface area contributed by atoms with Crippen LogP contribution < -0.4 is 4.74 Å². The van der Waals surface area contributed by atoms with E-state index >= 15 is 0 Å². The van der Waals surface area contributed by atoms with Gasteiger partial charge in [-0.3, -0.25) is 14.5 Å². The van der Waals surface area contributed by atoms with Gasteiger partial charge in [0.05, 0.1) is 19.0 Å². The van der Waals surface area contributed by atoms with Gasteiger partial charge in [-0.2, -0.15) is 5.10 Å². The maximum Gasteiger partial charge on any atom is 0.260 e. The van der Waals surface area contributed by atoms with Crippen molar-refractivity contribution in [2.45, 2.75) is 12.8 Å². The summed E-state index contributed by atoms with van der Waals surface area (Å²) in [5, 5.41) is 4.26. The number of hydrogen-bond donors (Lipinski definition) is 0. The zero-order valence-corrected chi connectivity index (χ0v) is 14.7. The Hall–Kier alpha value is -2.41. The number of aromatic nitrogens is 3. The zero-order chi connectivity index (χ0) is 17.6. The van der Waals surface area contributed by atoms with Crippen molar-refractivity contribution in [2.75, 3.05) is 32.9 Å². The van der Waals surface area contributed by atoms with Crippen LogP contribution in [0.4, 0.5) is 0 Å². The average molecular weight is 344 g/mol. The van der Waals surface area contributed by atoms with Gasteiger partial charge in [0.2, 0.25) is 0 Å². The van der Waals surface area contributed by atoms with Gasteiger partial charge in [-0.15, -0.1) is 0 Å². The number of nitrogens with zero attached hydrogens (tertiary/aromatic N) is 4. The summed E-state index contributed by atoms with van der Waals surface area (Å²) in [6.07, 6.45) is 7.17. The van der Waals surface area contributed by atoms with Gasteiger partial charge in [-0.1, -0.05) is 0 Å². The van der Waals surface area contributed by atoms with Crippen LogP contribution in [0.15, 0.2) is 36.9 Å². The quantitative estimate of drug-likeness (QED) is 0.761. The predicted molar refractivity (Wildman–Crippen MR) is 92.2 cm³/mol. The first-order chi connectivity index (χ1) is 12.2. The van der Waals surface area contributed by atoms with Crippen LogP contribution in [-0.4, -0.2) is 58.5 Å². The van der Waals surface area contributed by atoms with Gasteiger partial charge in [0.25, 0.3) is 5.91 Å². The molecule has 1 aliphatic rings. The predicted octanol–water partition coefficient (Wildman–Crippen LogP) is 1.47. The highest BCUT2D eigenvalue weighted by Gasteiger charge is 2.36. The number of pyridine rings is 1. The SMILES string of the molecule is CCOC[C@@H]1CN(C(=O)COc2cccnc2)C[C@H]1c1cnn(C)c1. The van der Waals surface area contributed by atoms with Crippen molar-refractivity contribution >= 4 is 5.91 Å². The number of rotatable bonds is 7. The molecule has 0 bridgehead atoms. The molecular weight excluding hydrogens is 320 g/mol. The highest BCUT2D eigenvalue weighted by molar-refractivity contribution is 5.78. The normalized spacial score (nSPS) is 20.0. The van der Waals surface area contributed by atoms with Gasteiger partial charge in [0.15, 0.2) is 6.61 Å². The van der Waals surface area contributed by atoms with E-state index in [0.717, 1.165) is 5.56 Å². The molecule has 1 amide bonds. The van der Waals surface area contributed by atoms with Crippen LogP contribution in [0.25, 0.3) is 0 Å². The molecule has 1 saturated heterocycles. The number of carbonyl (C=O) groups is 1. The van der Waals surface area contributed by atoms with E-state index in [-0.39, 0.29) is 24.3 Å². The molecular formula is C18H24N4O3. The molecule has 0 unspecified atom stereocenters. The lowest BCUT2D eigenvalue weighted by Gasteiger charge is -2.16. The molecule has 3 heterocycles. The maximum atomic E-state index is 12.5. The number of likely N-dealkylation sites (tertiary alicyclic amines) is 1. The van der Waals surface area contributed by atoms with Crippen LogP contribution in [0.3, 0.4) is 0 Å². The fraction of sp³-hybridized carbons (Fsp3) is 0.500. The summed E-state index contributed by atoms with van der Waals surface area (Å²) >= 11 is 0. The molecule has 0 N–H and O–H groups in total. The Labute approximate surface area is 147 Å². The fourth-order valence-electron chi connectivity index (χ4n) is 3.19. The molecule has 3 rings (SSSR count). The van der Waals surface area contributed by atoms with Crippen molar-refractivity contribution in [3.05, 3.63) is 42.5 Å². The van der Waals surface area contributed by atoms with Gasteiger partial charge in [-0.05, 0) is 24.6 Å². The number of ether oxygens (including phenoxy) is 2. The van der Waals surface area contributed by atoms with Crippen molar-refractivity contribution < 1.29 is 14.3 Å². The van der Waals surface area contributed by atoms with Crippen molar-refractivity contribution in [1.82, 2.24) is 19.7 Å². The van der Waals surface area contributed by atoms with Crippen molar-refractivity contribution in [3.63, 3.8) is 0 Å². The van der Waals surface area contributed by atoms with Crippen molar-refractivity contribution in [3.8, 4) is 5.75 Å². The minimum atomic E-state index is -0.0169. The first kappa shape index (κ1) is 17.4. The summed E-state index contributed by atoms with van der Waals surface area (Å²) in [6.45, 7) is 4.66. The Morgan fingerprint density at radius 3 is 2.92 bits per heavy atom. The largest absolute Gasteiger partial charge is 0.482 e. The summed E-state index contributed by atoms with van der Waals surface area (Å²) in [5.41, 5.74) is 1.15. The lowest BCUT2D eigenvalue weighted by molar-refractivity contribution is -0.132. The van der Waals surface area contributed by atoms with E-state index in [1.807, 2.05) is 31.3 Å². The number of amides is 1.